The van der Waals surface area contributed by atoms with E-state index in [1.54, 1.807) is 6.07 Å². The Morgan fingerprint density at radius 3 is 2.07 bits per heavy atom. The van der Waals surface area contributed by atoms with Crippen molar-refractivity contribution in [3.63, 3.8) is 0 Å². The average Bonchev–Trinajstić information content (AvgIpc) is 2.75. The summed E-state index contributed by atoms with van der Waals surface area (Å²) < 4.78 is 28.4. The highest BCUT2D eigenvalue weighted by Gasteiger charge is 2.27. The SMILES string of the molecule is O=c1ccc(N2CCN(S(=O)(=O)Cc3ccccc3)CC2)nn1-c1ccccc1. The first-order chi connectivity index (χ1) is 14.0. The number of anilines is 1. The highest BCUT2D eigenvalue weighted by atomic mass is 32.2. The van der Waals surface area contributed by atoms with Crippen LogP contribution in [-0.4, -0.2) is 48.7 Å². The van der Waals surface area contributed by atoms with Crippen LogP contribution in [0.25, 0.3) is 5.69 Å². The van der Waals surface area contributed by atoms with E-state index in [0.29, 0.717) is 37.7 Å². The van der Waals surface area contributed by atoms with Crippen molar-refractivity contribution >= 4 is 15.8 Å². The minimum absolute atomic E-state index is 0.00494. The number of rotatable bonds is 5. The number of piperazine rings is 1. The molecule has 0 amide bonds. The summed E-state index contributed by atoms with van der Waals surface area (Å²) in [5, 5.41) is 4.48. The lowest BCUT2D eigenvalue weighted by atomic mass is 10.2. The molecule has 0 atom stereocenters. The normalized spacial score (nSPS) is 15.4. The summed E-state index contributed by atoms with van der Waals surface area (Å²) >= 11 is 0. The van der Waals surface area contributed by atoms with Crippen molar-refractivity contribution < 1.29 is 8.42 Å². The molecule has 2 aromatic carbocycles. The Morgan fingerprint density at radius 1 is 0.793 bits per heavy atom. The summed E-state index contributed by atoms with van der Waals surface area (Å²) in [7, 11) is -3.37. The molecule has 1 aliphatic heterocycles. The van der Waals surface area contributed by atoms with Crippen molar-refractivity contribution in [1.29, 1.82) is 0 Å². The first-order valence-electron chi connectivity index (χ1n) is 9.45. The number of hydrogen-bond donors (Lipinski definition) is 0. The lowest BCUT2D eigenvalue weighted by Gasteiger charge is -2.34. The molecule has 0 unspecified atom stereocenters. The topological polar surface area (TPSA) is 75.5 Å². The molecule has 0 N–H and O–H groups in total. The van der Waals surface area contributed by atoms with E-state index in [1.165, 1.54) is 15.1 Å². The molecule has 7 nitrogen and oxygen atoms in total. The molecule has 1 fully saturated rings. The molecule has 8 heteroatoms. The van der Waals surface area contributed by atoms with Crippen molar-refractivity contribution in [2.24, 2.45) is 0 Å². The van der Waals surface area contributed by atoms with Crippen LogP contribution in [0.5, 0.6) is 0 Å². The zero-order chi connectivity index (χ0) is 20.3. The number of para-hydroxylation sites is 1. The monoisotopic (exact) mass is 410 g/mol. The van der Waals surface area contributed by atoms with E-state index >= 15 is 0 Å². The molecular formula is C21H22N4O3S. The first-order valence-corrected chi connectivity index (χ1v) is 11.1. The molecule has 0 spiro atoms. The highest BCUT2D eigenvalue weighted by Crippen LogP contribution is 2.17. The summed E-state index contributed by atoms with van der Waals surface area (Å²) in [5.41, 5.74) is 1.28. The zero-order valence-corrected chi connectivity index (χ0v) is 16.7. The van der Waals surface area contributed by atoms with Gasteiger partial charge in [0.1, 0.15) is 5.82 Å². The van der Waals surface area contributed by atoms with Crippen LogP contribution in [-0.2, 0) is 15.8 Å². The summed E-state index contributed by atoms with van der Waals surface area (Å²) in [5.74, 6) is 0.666. The molecule has 2 heterocycles. The second kappa shape index (κ2) is 8.18. The van der Waals surface area contributed by atoms with Gasteiger partial charge >= 0.3 is 0 Å². The lowest BCUT2D eigenvalue weighted by molar-refractivity contribution is 0.382. The Morgan fingerprint density at radius 2 is 1.41 bits per heavy atom. The first kappa shape index (κ1) is 19.4. The van der Waals surface area contributed by atoms with Crippen LogP contribution >= 0.6 is 0 Å². The number of hydrogen-bond acceptors (Lipinski definition) is 5. The number of nitrogens with zero attached hydrogens (tertiary/aromatic N) is 4. The predicted octanol–water partition coefficient (Wildman–Crippen LogP) is 1.88. The second-order valence-corrected chi connectivity index (χ2v) is 8.87. The van der Waals surface area contributed by atoms with Gasteiger partial charge in [0, 0.05) is 32.2 Å². The van der Waals surface area contributed by atoms with Gasteiger partial charge in [0.05, 0.1) is 11.4 Å². The Balaban J connectivity index is 1.47. The molecule has 1 aromatic heterocycles. The zero-order valence-electron chi connectivity index (χ0n) is 15.9. The summed E-state index contributed by atoms with van der Waals surface area (Å²) in [6, 6.07) is 21.6. The molecule has 3 aromatic rings. The maximum atomic E-state index is 12.7. The van der Waals surface area contributed by atoms with Crippen molar-refractivity contribution in [2.45, 2.75) is 5.75 Å². The van der Waals surface area contributed by atoms with Gasteiger partial charge in [-0.25, -0.2) is 8.42 Å². The molecule has 0 bridgehead atoms. The van der Waals surface area contributed by atoms with Crippen molar-refractivity contribution in [1.82, 2.24) is 14.1 Å². The van der Waals surface area contributed by atoms with E-state index in [2.05, 4.69) is 5.10 Å². The molecule has 1 saturated heterocycles. The second-order valence-electron chi connectivity index (χ2n) is 6.91. The van der Waals surface area contributed by atoms with E-state index in [0.717, 1.165) is 5.56 Å². The van der Waals surface area contributed by atoms with Gasteiger partial charge < -0.3 is 4.90 Å². The van der Waals surface area contributed by atoms with Gasteiger partial charge in [-0.3, -0.25) is 4.79 Å². The fourth-order valence-electron chi connectivity index (χ4n) is 3.40. The third kappa shape index (κ3) is 4.38. The smallest absolute Gasteiger partial charge is 0.271 e. The summed E-state index contributed by atoms with van der Waals surface area (Å²) in [6.07, 6.45) is 0. The summed E-state index contributed by atoms with van der Waals surface area (Å²) in [4.78, 5) is 14.2. The molecule has 0 saturated carbocycles. The molecule has 1 aliphatic rings. The van der Waals surface area contributed by atoms with Crippen LogP contribution in [0.15, 0.2) is 77.6 Å². The van der Waals surface area contributed by atoms with E-state index in [4.69, 9.17) is 0 Å². The van der Waals surface area contributed by atoms with E-state index in [9.17, 15) is 13.2 Å². The number of benzene rings is 2. The maximum Gasteiger partial charge on any atom is 0.271 e. The third-order valence-electron chi connectivity index (χ3n) is 4.93. The third-order valence-corrected chi connectivity index (χ3v) is 6.78. The lowest BCUT2D eigenvalue weighted by Crippen LogP contribution is -2.49. The molecule has 4 rings (SSSR count). The minimum Gasteiger partial charge on any atom is -0.353 e. The van der Waals surface area contributed by atoms with Gasteiger partial charge in [0.15, 0.2) is 0 Å². The fourth-order valence-corrected chi connectivity index (χ4v) is 4.91. The molecule has 0 radical (unpaired) electrons. The number of aromatic nitrogens is 2. The average molecular weight is 410 g/mol. The van der Waals surface area contributed by atoms with Gasteiger partial charge in [-0.2, -0.15) is 8.99 Å². The van der Waals surface area contributed by atoms with Crippen LogP contribution in [0.4, 0.5) is 5.82 Å². The molecule has 150 valence electrons. The van der Waals surface area contributed by atoms with Crippen molar-refractivity contribution in [3.8, 4) is 5.69 Å². The van der Waals surface area contributed by atoms with Crippen molar-refractivity contribution in [3.05, 3.63) is 88.7 Å². The van der Waals surface area contributed by atoms with E-state index < -0.39 is 10.0 Å². The Kier molecular flexibility index (Phi) is 5.46. The van der Waals surface area contributed by atoms with Crippen LogP contribution in [0.1, 0.15) is 5.56 Å². The van der Waals surface area contributed by atoms with Crippen molar-refractivity contribution in [2.75, 3.05) is 31.1 Å². The molecule has 29 heavy (non-hydrogen) atoms. The Labute approximate surface area is 169 Å². The minimum atomic E-state index is -3.37. The molecule has 0 aliphatic carbocycles. The summed E-state index contributed by atoms with van der Waals surface area (Å²) in [6.45, 7) is 1.82. The van der Waals surface area contributed by atoms with Crippen LogP contribution in [0.3, 0.4) is 0 Å². The predicted molar refractivity (Wildman–Crippen MR) is 113 cm³/mol. The van der Waals surface area contributed by atoms with Gasteiger partial charge in [0.2, 0.25) is 10.0 Å². The van der Waals surface area contributed by atoms with Crippen LogP contribution < -0.4 is 10.5 Å². The van der Waals surface area contributed by atoms with Gasteiger partial charge in [-0.1, -0.05) is 48.5 Å². The maximum absolute atomic E-state index is 12.7. The van der Waals surface area contributed by atoms with Gasteiger partial charge in [-0.15, -0.1) is 5.10 Å². The van der Waals surface area contributed by atoms with Crippen LogP contribution in [0.2, 0.25) is 0 Å². The quantitative estimate of drug-likeness (QED) is 0.642. The Bertz CT molecular complexity index is 1120. The molecular weight excluding hydrogens is 388 g/mol. The fraction of sp³-hybridized carbons (Fsp3) is 0.238. The highest BCUT2D eigenvalue weighted by molar-refractivity contribution is 7.88. The largest absolute Gasteiger partial charge is 0.353 e. The van der Waals surface area contributed by atoms with Crippen LogP contribution in [0, 0.1) is 0 Å². The van der Waals surface area contributed by atoms with E-state index in [-0.39, 0.29) is 11.3 Å². The standard InChI is InChI=1S/C21H22N4O3S/c26-21-12-11-20(22-25(21)19-9-5-2-6-10-19)23-13-15-24(16-14-23)29(27,28)17-18-7-3-1-4-8-18/h1-12H,13-17H2. The van der Waals surface area contributed by atoms with E-state index in [1.807, 2.05) is 65.6 Å². The van der Waals surface area contributed by atoms with Gasteiger partial charge in [-0.05, 0) is 23.8 Å². The number of sulfonamides is 1. The van der Waals surface area contributed by atoms with Gasteiger partial charge in [0.25, 0.3) is 5.56 Å². The Hall–Kier alpha value is -2.97.